The van der Waals surface area contributed by atoms with Gasteiger partial charge in [-0.2, -0.15) is 4.31 Å². The van der Waals surface area contributed by atoms with E-state index in [0.29, 0.717) is 18.7 Å². The molecule has 2 aromatic carbocycles. The quantitative estimate of drug-likeness (QED) is 0.778. The zero-order valence-corrected chi connectivity index (χ0v) is 14.8. The minimum absolute atomic E-state index is 0.434. The fourth-order valence-electron chi connectivity index (χ4n) is 2.26. The molecule has 0 aromatic heterocycles. The summed E-state index contributed by atoms with van der Waals surface area (Å²) < 4.78 is 26.6. The highest BCUT2D eigenvalue weighted by molar-refractivity contribution is 7.92. The maximum absolute atomic E-state index is 12.6. The lowest BCUT2D eigenvalue weighted by molar-refractivity contribution is 0.453. The van der Waals surface area contributed by atoms with Crippen LogP contribution in [0.4, 0.5) is 0 Å². The number of nitrogens with zero attached hydrogens (tertiary/aromatic N) is 1. The second-order valence-corrected chi connectivity index (χ2v) is 6.92. The molecule has 0 N–H and O–H groups in total. The van der Waals surface area contributed by atoms with Crippen LogP contribution in [0.2, 0.25) is 0 Å². The van der Waals surface area contributed by atoms with Crippen LogP contribution in [0, 0.1) is 11.8 Å². The van der Waals surface area contributed by atoms with Crippen LogP contribution in [-0.2, 0) is 10.0 Å². The molecule has 0 saturated heterocycles. The molecule has 0 radical (unpaired) electrons. The zero-order valence-electron chi connectivity index (χ0n) is 13.9. The first-order valence-electron chi connectivity index (χ1n) is 7.91. The smallest absolute Gasteiger partial charge is 0.207 e. The van der Waals surface area contributed by atoms with Gasteiger partial charge in [0.15, 0.2) is 0 Å². The Balaban J connectivity index is 2.49. The third-order valence-electron chi connectivity index (χ3n) is 3.53. The van der Waals surface area contributed by atoms with Gasteiger partial charge in [-0.15, -0.1) is 0 Å². The first kappa shape index (κ1) is 18.0. The molecule has 2 rings (SSSR count). The average molecular weight is 339 g/mol. The maximum Gasteiger partial charge on any atom is 0.237 e. The fraction of sp³-hybridized carbons (Fsp3) is 0.200. The summed E-state index contributed by atoms with van der Waals surface area (Å²) in [4.78, 5) is 0. The predicted molar refractivity (Wildman–Crippen MR) is 99.6 cm³/mol. The van der Waals surface area contributed by atoms with Crippen molar-refractivity contribution in [2.45, 2.75) is 13.8 Å². The molecule has 0 bridgehead atoms. The van der Waals surface area contributed by atoms with Crippen LogP contribution in [0.25, 0.3) is 5.57 Å². The number of sulfonamides is 1. The van der Waals surface area contributed by atoms with Gasteiger partial charge < -0.3 is 0 Å². The van der Waals surface area contributed by atoms with E-state index in [9.17, 15) is 8.42 Å². The molecule has 2 aromatic rings. The molecule has 0 aliphatic carbocycles. The van der Waals surface area contributed by atoms with Crippen LogP contribution >= 0.6 is 0 Å². The number of benzene rings is 2. The summed E-state index contributed by atoms with van der Waals surface area (Å²) in [5, 5.41) is 1.27. The van der Waals surface area contributed by atoms with Gasteiger partial charge in [-0.25, -0.2) is 8.42 Å². The molecule has 124 valence electrons. The molecule has 0 aliphatic rings. The lowest BCUT2D eigenvalue weighted by atomic mass is 10.1. The lowest BCUT2D eigenvalue weighted by Crippen LogP contribution is -2.28. The predicted octanol–water partition coefficient (Wildman–Crippen LogP) is 3.75. The zero-order chi connectivity index (χ0) is 17.4. The van der Waals surface area contributed by atoms with Crippen LogP contribution in [-0.4, -0.2) is 25.8 Å². The Morgan fingerprint density at radius 1 is 0.958 bits per heavy atom. The summed E-state index contributed by atoms with van der Waals surface area (Å²) in [6.45, 7) is 4.52. The van der Waals surface area contributed by atoms with E-state index >= 15 is 0 Å². The van der Waals surface area contributed by atoms with Crippen molar-refractivity contribution in [2.24, 2.45) is 0 Å². The van der Waals surface area contributed by atoms with E-state index in [1.54, 1.807) is 0 Å². The highest BCUT2D eigenvalue weighted by Gasteiger charge is 2.17. The molecule has 0 atom stereocenters. The van der Waals surface area contributed by atoms with Crippen LogP contribution in [0.15, 0.2) is 66.1 Å². The minimum Gasteiger partial charge on any atom is -0.207 e. The van der Waals surface area contributed by atoms with Gasteiger partial charge in [0.05, 0.1) is 5.41 Å². The van der Waals surface area contributed by atoms with E-state index in [1.165, 1.54) is 9.71 Å². The largest absolute Gasteiger partial charge is 0.237 e. The molecule has 0 saturated carbocycles. The van der Waals surface area contributed by atoms with Crippen molar-refractivity contribution in [3.05, 3.63) is 77.2 Å². The number of hydrogen-bond donors (Lipinski definition) is 0. The lowest BCUT2D eigenvalue weighted by Gasteiger charge is -2.16. The summed E-state index contributed by atoms with van der Waals surface area (Å²) in [5.74, 6) is 6.06. The highest BCUT2D eigenvalue weighted by atomic mass is 32.2. The second-order valence-electron chi connectivity index (χ2n) is 5.14. The Hall–Kier alpha value is -2.35. The Bertz CT molecular complexity index is 841. The number of rotatable bonds is 5. The van der Waals surface area contributed by atoms with Crippen molar-refractivity contribution in [3.63, 3.8) is 0 Å². The molecule has 4 heteroatoms. The van der Waals surface area contributed by atoms with Crippen molar-refractivity contribution < 1.29 is 8.42 Å². The van der Waals surface area contributed by atoms with Crippen molar-refractivity contribution >= 4 is 15.6 Å². The van der Waals surface area contributed by atoms with Gasteiger partial charge in [0.2, 0.25) is 10.0 Å². The Morgan fingerprint density at radius 3 is 2.04 bits per heavy atom. The van der Waals surface area contributed by atoms with E-state index < -0.39 is 10.0 Å². The van der Waals surface area contributed by atoms with E-state index in [-0.39, 0.29) is 0 Å². The SMILES string of the molecule is CCN(CC)S(=O)(=O)/C=C(/C#Cc1ccccc1)c1ccccc1. The number of hydrogen-bond acceptors (Lipinski definition) is 2. The molecule has 24 heavy (non-hydrogen) atoms. The highest BCUT2D eigenvalue weighted by Crippen LogP contribution is 2.17. The molecule has 0 aliphatic heterocycles. The van der Waals surface area contributed by atoms with Crippen molar-refractivity contribution in [3.8, 4) is 11.8 Å². The molecular formula is C20H21NO2S. The van der Waals surface area contributed by atoms with E-state index in [1.807, 2.05) is 74.5 Å². The average Bonchev–Trinajstić information content (AvgIpc) is 2.61. The second kappa shape index (κ2) is 8.49. The third kappa shape index (κ3) is 4.82. The fourth-order valence-corrected chi connectivity index (χ4v) is 3.62. The number of allylic oxidation sites excluding steroid dienone is 1. The van der Waals surface area contributed by atoms with Gasteiger partial charge in [0.25, 0.3) is 0 Å². The summed E-state index contributed by atoms with van der Waals surface area (Å²) in [7, 11) is -3.51. The van der Waals surface area contributed by atoms with Crippen LogP contribution in [0.3, 0.4) is 0 Å². The molecule has 0 spiro atoms. The molecule has 0 heterocycles. The Kier molecular flexibility index (Phi) is 6.36. The summed E-state index contributed by atoms with van der Waals surface area (Å²) in [5.41, 5.74) is 2.13. The standard InChI is InChI=1S/C20H21NO2S/c1-3-21(4-2)24(22,23)17-20(19-13-9-6-10-14-19)16-15-18-11-7-5-8-12-18/h5-14,17H,3-4H2,1-2H3/b20-17-. The van der Waals surface area contributed by atoms with Gasteiger partial charge in [-0.05, 0) is 17.7 Å². The van der Waals surface area contributed by atoms with Crippen molar-refractivity contribution in [2.75, 3.05) is 13.1 Å². The Morgan fingerprint density at radius 2 is 1.50 bits per heavy atom. The summed E-state index contributed by atoms with van der Waals surface area (Å²) >= 11 is 0. The molecule has 3 nitrogen and oxygen atoms in total. The first-order chi connectivity index (χ1) is 11.6. The van der Waals surface area contributed by atoms with Crippen LogP contribution in [0.1, 0.15) is 25.0 Å². The molecular weight excluding hydrogens is 318 g/mol. The van der Waals surface area contributed by atoms with E-state index in [0.717, 1.165) is 11.1 Å². The van der Waals surface area contributed by atoms with Gasteiger partial charge in [0.1, 0.15) is 0 Å². The third-order valence-corrected chi connectivity index (χ3v) is 5.30. The normalized spacial score (nSPS) is 11.9. The van der Waals surface area contributed by atoms with E-state index in [4.69, 9.17) is 0 Å². The van der Waals surface area contributed by atoms with Crippen molar-refractivity contribution in [1.29, 1.82) is 0 Å². The topological polar surface area (TPSA) is 37.4 Å². The van der Waals surface area contributed by atoms with Gasteiger partial charge in [-0.1, -0.05) is 74.2 Å². The van der Waals surface area contributed by atoms with Crippen LogP contribution in [0.5, 0.6) is 0 Å². The van der Waals surface area contributed by atoms with Crippen LogP contribution < -0.4 is 0 Å². The first-order valence-corrected chi connectivity index (χ1v) is 9.41. The molecule has 0 unspecified atom stereocenters. The Labute approximate surface area is 144 Å². The monoisotopic (exact) mass is 339 g/mol. The summed E-state index contributed by atoms with van der Waals surface area (Å²) in [6, 6.07) is 18.9. The van der Waals surface area contributed by atoms with Crippen molar-refractivity contribution in [1.82, 2.24) is 4.31 Å². The van der Waals surface area contributed by atoms with Gasteiger partial charge in [-0.3, -0.25) is 0 Å². The molecule has 0 amide bonds. The minimum atomic E-state index is -3.51. The maximum atomic E-state index is 12.6. The van der Waals surface area contributed by atoms with Gasteiger partial charge >= 0.3 is 0 Å². The molecule has 0 fully saturated rings. The summed E-state index contributed by atoms with van der Waals surface area (Å²) in [6.07, 6.45) is 0. The van der Waals surface area contributed by atoms with E-state index in [2.05, 4.69) is 11.8 Å². The van der Waals surface area contributed by atoms with Gasteiger partial charge in [0, 0.05) is 24.2 Å².